The topological polar surface area (TPSA) is 93.5 Å². The molecule has 1 aliphatic heterocycles. The number of rotatable bonds is 3. The number of aromatic nitrogens is 3. The molecule has 160 valence electrons. The summed E-state index contributed by atoms with van der Waals surface area (Å²) in [6.45, 7) is 4.53. The second kappa shape index (κ2) is 6.46. The van der Waals surface area contributed by atoms with Crippen LogP contribution >= 0.6 is 0 Å². The lowest BCUT2D eigenvalue weighted by atomic mass is 9.85. The van der Waals surface area contributed by atoms with Crippen molar-refractivity contribution in [3.63, 3.8) is 0 Å². The molecule has 2 atom stereocenters. The Hall–Kier alpha value is -2.07. The largest absolute Gasteiger partial charge is 0.473 e. The molecule has 0 radical (unpaired) electrons. The zero-order chi connectivity index (χ0) is 21.2. The number of halogens is 3. The third-order valence-corrected chi connectivity index (χ3v) is 5.97. The first-order valence-electron chi connectivity index (χ1n) is 9.65. The molecule has 1 saturated carbocycles. The van der Waals surface area contributed by atoms with Gasteiger partial charge in [0.1, 0.15) is 17.5 Å². The van der Waals surface area contributed by atoms with Crippen LogP contribution in [0.25, 0.3) is 11.5 Å². The summed E-state index contributed by atoms with van der Waals surface area (Å²) in [7, 11) is 0. The molecule has 3 heterocycles. The Morgan fingerprint density at radius 3 is 2.59 bits per heavy atom. The van der Waals surface area contributed by atoms with Crippen LogP contribution in [-0.2, 0) is 12.1 Å². The zero-order valence-corrected chi connectivity index (χ0v) is 16.5. The van der Waals surface area contributed by atoms with E-state index in [2.05, 4.69) is 10.3 Å². The highest BCUT2D eigenvalue weighted by Gasteiger charge is 2.55. The fourth-order valence-electron chi connectivity index (χ4n) is 4.05. The van der Waals surface area contributed by atoms with Crippen LogP contribution in [0.3, 0.4) is 0 Å². The van der Waals surface area contributed by atoms with Gasteiger partial charge >= 0.3 is 6.18 Å². The van der Waals surface area contributed by atoms with Crippen molar-refractivity contribution in [1.82, 2.24) is 14.9 Å². The molecule has 1 fully saturated rings. The first-order valence-corrected chi connectivity index (χ1v) is 9.65. The second-order valence-corrected chi connectivity index (χ2v) is 8.61. The monoisotopic (exact) mass is 415 g/mol. The van der Waals surface area contributed by atoms with Gasteiger partial charge < -0.3 is 19.5 Å². The molecule has 2 aliphatic rings. The van der Waals surface area contributed by atoms with Gasteiger partial charge in [0.15, 0.2) is 5.76 Å². The molecular weight excluding hydrogens is 391 g/mol. The maximum absolute atomic E-state index is 13.3. The summed E-state index contributed by atoms with van der Waals surface area (Å²) in [5.74, 6) is 0.134. The lowest BCUT2D eigenvalue weighted by Gasteiger charge is -2.32. The number of ether oxygens (including phenoxy) is 1. The molecule has 7 nitrogen and oxygen atoms in total. The summed E-state index contributed by atoms with van der Waals surface area (Å²) in [5.41, 5.74) is -3.60. The van der Waals surface area contributed by atoms with Crippen LogP contribution in [0.1, 0.15) is 63.6 Å². The summed E-state index contributed by atoms with van der Waals surface area (Å²) in [4.78, 5) is 0. The molecule has 0 spiro atoms. The number of aliphatic hydroxyl groups is 2. The molecule has 2 aromatic heterocycles. The molecule has 2 N–H and O–H groups in total. The van der Waals surface area contributed by atoms with E-state index in [4.69, 9.17) is 9.26 Å². The van der Waals surface area contributed by atoms with Gasteiger partial charge in [-0.25, -0.2) is 0 Å². The molecule has 0 amide bonds. The van der Waals surface area contributed by atoms with E-state index in [-0.39, 0.29) is 23.3 Å². The molecule has 0 bridgehead atoms. The quantitative estimate of drug-likeness (QED) is 0.797. The van der Waals surface area contributed by atoms with Crippen molar-refractivity contribution in [2.45, 2.75) is 82.4 Å². The van der Waals surface area contributed by atoms with Gasteiger partial charge in [-0.3, -0.25) is 4.68 Å². The SMILES string of the molecule is C[C@H]1Cn2nc(OC3CCC(C)(O)CC3)cc2-c2onc([C@@](C)(O)C(F)(F)F)c21. The second-order valence-electron chi connectivity index (χ2n) is 8.61. The Labute approximate surface area is 165 Å². The van der Waals surface area contributed by atoms with E-state index in [9.17, 15) is 23.4 Å². The van der Waals surface area contributed by atoms with E-state index in [1.807, 2.05) is 0 Å². The standard InChI is InChI=1S/C19H24F3N3O4/c1-10-9-25-12(8-13(23-25)28-11-4-6-17(2,26)7-5-11)15-14(10)16(24-29-15)18(3,27)19(20,21)22/h8,10-11,26-27H,4-7,9H2,1-3H3/t10-,11?,17?,18+/m0/s1. The van der Waals surface area contributed by atoms with Gasteiger partial charge in [-0.2, -0.15) is 13.2 Å². The van der Waals surface area contributed by atoms with Crippen molar-refractivity contribution < 1.29 is 32.6 Å². The Bertz CT molecular complexity index is 906. The number of hydrogen-bond donors (Lipinski definition) is 2. The number of hydrogen-bond acceptors (Lipinski definition) is 6. The lowest BCUT2D eigenvalue weighted by molar-refractivity contribution is -0.261. The Kier molecular flexibility index (Phi) is 4.51. The molecule has 0 saturated heterocycles. The van der Waals surface area contributed by atoms with Crippen molar-refractivity contribution in [2.24, 2.45) is 0 Å². The summed E-state index contributed by atoms with van der Waals surface area (Å²) < 4.78 is 52.8. The summed E-state index contributed by atoms with van der Waals surface area (Å²) in [6, 6.07) is 1.62. The maximum Gasteiger partial charge on any atom is 0.422 e. The first kappa shape index (κ1) is 20.2. The molecule has 0 aromatic carbocycles. The van der Waals surface area contributed by atoms with Crippen LogP contribution in [0.4, 0.5) is 13.2 Å². The Morgan fingerprint density at radius 2 is 1.97 bits per heavy atom. The van der Waals surface area contributed by atoms with E-state index in [0.29, 0.717) is 50.7 Å². The zero-order valence-electron chi connectivity index (χ0n) is 16.5. The van der Waals surface area contributed by atoms with Crippen molar-refractivity contribution in [3.8, 4) is 17.3 Å². The molecule has 0 unspecified atom stereocenters. The Morgan fingerprint density at radius 1 is 1.31 bits per heavy atom. The minimum atomic E-state index is -4.88. The minimum absolute atomic E-state index is 0.0830. The predicted octanol–water partition coefficient (Wildman–Crippen LogP) is 3.50. The van der Waals surface area contributed by atoms with Crippen LogP contribution in [0.5, 0.6) is 5.88 Å². The summed E-state index contributed by atoms with van der Waals surface area (Å²) in [6.07, 6.45) is -2.32. The van der Waals surface area contributed by atoms with Gasteiger partial charge in [-0.05, 0) is 39.5 Å². The van der Waals surface area contributed by atoms with Gasteiger partial charge in [0.05, 0.1) is 5.60 Å². The fourth-order valence-corrected chi connectivity index (χ4v) is 4.05. The molecule has 2 aromatic rings. The third kappa shape index (κ3) is 3.42. The van der Waals surface area contributed by atoms with E-state index in [0.717, 1.165) is 0 Å². The number of nitrogens with zero attached hydrogens (tertiary/aromatic N) is 3. The first-order chi connectivity index (χ1) is 13.4. The van der Waals surface area contributed by atoms with Crippen LogP contribution in [0.15, 0.2) is 10.6 Å². The van der Waals surface area contributed by atoms with E-state index in [1.54, 1.807) is 24.6 Å². The predicted molar refractivity (Wildman–Crippen MR) is 95.3 cm³/mol. The maximum atomic E-state index is 13.3. The van der Waals surface area contributed by atoms with E-state index < -0.39 is 23.1 Å². The van der Waals surface area contributed by atoms with Crippen molar-refractivity contribution in [1.29, 1.82) is 0 Å². The van der Waals surface area contributed by atoms with Gasteiger partial charge in [0, 0.05) is 24.1 Å². The van der Waals surface area contributed by atoms with Gasteiger partial charge in [-0.1, -0.05) is 12.1 Å². The molecule has 10 heteroatoms. The molecule has 1 aliphatic carbocycles. The van der Waals surface area contributed by atoms with E-state index >= 15 is 0 Å². The normalized spacial score (nSPS) is 29.1. The number of fused-ring (bicyclic) bond motifs is 3. The highest BCUT2D eigenvalue weighted by Crippen LogP contribution is 2.46. The smallest absolute Gasteiger partial charge is 0.422 e. The Balaban J connectivity index is 1.62. The van der Waals surface area contributed by atoms with Gasteiger partial charge in [0.25, 0.3) is 0 Å². The van der Waals surface area contributed by atoms with Crippen LogP contribution < -0.4 is 4.74 Å². The summed E-state index contributed by atoms with van der Waals surface area (Å²) in [5, 5.41) is 28.1. The van der Waals surface area contributed by atoms with Crippen molar-refractivity contribution in [2.75, 3.05) is 0 Å². The summed E-state index contributed by atoms with van der Waals surface area (Å²) >= 11 is 0. The van der Waals surface area contributed by atoms with E-state index in [1.165, 1.54) is 0 Å². The van der Waals surface area contributed by atoms with Crippen LogP contribution in [-0.4, -0.2) is 43.0 Å². The molecule has 29 heavy (non-hydrogen) atoms. The van der Waals surface area contributed by atoms with Crippen LogP contribution in [0.2, 0.25) is 0 Å². The average molecular weight is 415 g/mol. The molecule has 4 rings (SSSR count). The highest BCUT2D eigenvalue weighted by molar-refractivity contribution is 5.63. The van der Waals surface area contributed by atoms with Crippen LogP contribution in [0, 0.1) is 0 Å². The lowest BCUT2D eigenvalue weighted by Crippen LogP contribution is -2.40. The third-order valence-electron chi connectivity index (χ3n) is 5.97. The van der Waals surface area contributed by atoms with Gasteiger partial charge in [-0.15, -0.1) is 5.10 Å². The van der Waals surface area contributed by atoms with Crippen molar-refractivity contribution in [3.05, 3.63) is 17.3 Å². The van der Waals surface area contributed by atoms with Crippen molar-refractivity contribution >= 4 is 0 Å². The fraction of sp³-hybridized carbons (Fsp3) is 0.684. The average Bonchev–Trinajstić information content (AvgIpc) is 3.20. The highest BCUT2D eigenvalue weighted by atomic mass is 19.4. The number of alkyl halides is 3. The minimum Gasteiger partial charge on any atom is -0.473 e. The molecular formula is C19H24F3N3O4. The van der Waals surface area contributed by atoms with Gasteiger partial charge in [0.2, 0.25) is 11.5 Å².